The molecule has 1 aliphatic heterocycles. The third kappa shape index (κ3) is 1.40. The summed E-state index contributed by atoms with van der Waals surface area (Å²) in [5.74, 6) is -0.161. The number of ketones is 1. The lowest BCUT2D eigenvalue weighted by Crippen LogP contribution is -2.26. The quantitative estimate of drug-likeness (QED) is 0.521. The molecule has 92 valence electrons. The molecule has 2 unspecified atom stereocenters. The predicted molar refractivity (Wildman–Crippen MR) is 65.9 cm³/mol. The van der Waals surface area contributed by atoms with E-state index in [2.05, 4.69) is 4.99 Å². The van der Waals surface area contributed by atoms with Gasteiger partial charge in [0.1, 0.15) is 6.04 Å². The van der Waals surface area contributed by atoms with Crippen molar-refractivity contribution < 1.29 is 9.72 Å². The van der Waals surface area contributed by atoms with E-state index in [0.717, 1.165) is 24.0 Å². The van der Waals surface area contributed by atoms with Crippen molar-refractivity contribution in [1.29, 1.82) is 0 Å². The fourth-order valence-electron chi connectivity index (χ4n) is 2.83. The van der Waals surface area contributed by atoms with Gasteiger partial charge in [-0.2, -0.15) is 0 Å². The number of hydrogen-bond donors (Lipinski definition) is 0. The first kappa shape index (κ1) is 11.1. The van der Waals surface area contributed by atoms with Gasteiger partial charge in [0.05, 0.1) is 10.5 Å². The first-order chi connectivity index (χ1) is 8.59. The average Bonchev–Trinajstić information content (AvgIpc) is 2.67. The molecule has 0 aromatic rings. The van der Waals surface area contributed by atoms with Crippen molar-refractivity contribution in [2.75, 3.05) is 0 Å². The highest BCUT2D eigenvalue weighted by Gasteiger charge is 2.40. The summed E-state index contributed by atoms with van der Waals surface area (Å²) >= 11 is 0. The topological polar surface area (TPSA) is 72.6 Å². The van der Waals surface area contributed by atoms with E-state index >= 15 is 0 Å². The number of rotatable bonds is 1. The summed E-state index contributed by atoms with van der Waals surface area (Å²) in [7, 11) is 0. The van der Waals surface area contributed by atoms with Crippen LogP contribution in [0.25, 0.3) is 0 Å². The number of nitrogens with zero attached hydrogens (tertiary/aromatic N) is 2. The Morgan fingerprint density at radius 2 is 2.28 bits per heavy atom. The Labute approximate surface area is 104 Å². The molecule has 18 heavy (non-hydrogen) atoms. The Kier molecular flexibility index (Phi) is 2.29. The molecule has 0 saturated heterocycles. The van der Waals surface area contributed by atoms with Crippen molar-refractivity contribution >= 4 is 12.0 Å². The molecule has 1 heterocycles. The van der Waals surface area contributed by atoms with Crippen LogP contribution in [0, 0.1) is 16.0 Å². The van der Waals surface area contributed by atoms with Crippen LogP contribution in [-0.4, -0.2) is 23.0 Å². The maximum Gasteiger partial charge on any atom is 0.279 e. The van der Waals surface area contributed by atoms with Crippen molar-refractivity contribution in [3.63, 3.8) is 0 Å². The number of carbonyl (C=O) groups is 1. The molecular weight excluding hydrogens is 232 g/mol. The Morgan fingerprint density at radius 3 is 3.00 bits per heavy atom. The first-order valence-corrected chi connectivity index (χ1v) is 5.97. The van der Waals surface area contributed by atoms with E-state index in [1.165, 1.54) is 6.21 Å². The lowest BCUT2D eigenvalue weighted by Gasteiger charge is -2.22. The molecule has 0 fully saturated rings. The van der Waals surface area contributed by atoms with Crippen molar-refractivity contribution in [1.82, 2.24) is 0 Å². The molecule has 2 atom stereocenters. The van der Waals surface area contributed by atoms with E-state index in [1.807, 2.05) is 6.08 Å². The summed E-state index contributed by atoms with van der Waals surface area (Å²) in [6, 6.07) is -0.409. The molecule has 0 radical (unpaired) electrons. The van der Waals surface area contributed by atoms with Gasteiger partial charge < -0.3 is 0 Å². The van der Waals surface area contributed by atoms with Gasteiger partial charge in [0.2, 0.25) is 0 Å². The van der Waals surface area contributed by atoms with Gasteiger partial charge in [-0.1, -0.05) is 6.08 Å². The molecule has 5 nitrogen and oxygen atoms in total. The van der Waals surface area contributed by atoms with E-state index < -0.39 is 11.0 Å². The van der Waals surface area contributed by atoms with Crippen molar-refractivity contribution in [2.45, 2.75) is 25.8 Å². The Bertz CT molecular complexity index is 581. The standard InChI is InChI=1S/C13H12N2O3/c1-7-13(16)9-4-2-3-8-5-11(15(17)18)10(6-14-7)12(8)9/h3,5-7,9H,2,4H2,1H3. The summed E-state index contributed by atoms with van der Waals surface area (Å²) in [5, 5.41) is 11.0. The van der Waals surface area contributed by atoms with Gasteiger partial charge in [-0.3, -0.25) is 19.9 Å². The number of aliphatic imine (C=N–C) groups is 1. The highest BCUT2D eigenvalue weighted by atomic mass is 16.6. The second kappa shape index (κ2) is 3.73. The maximum absolute atomic E-state index is 12.2. The van der Waals surface area contributed by atoms with Crippen LogP contribution in [0.15, 0.2) is 39.6 Å². The number of hydrogen-bond acceptors (Lipinski definition) is 4. The maximum atomic E-state index is 12.2. The Hall–Kier alpha value is -2.04. The normalized spacial score (nSPS) is 29.7. The van der Waals surface area contributed by atoms with E-state index in [9.17, 15) is 14.9 Å². The third-order valence-corrected chi connectivity index (χ3v) is 3.72. The van der Waals surface area contributed by atoms with Crippen molar-refractivity contribution in [2.24, 2.45) is 10.9 Å². The highest BCUT2D eigenvalue weighted by Crippen LogP contribution is 2.42. The lowest BCUT2D eigenvalue weighted by atomic mass is 9.80. The molecule has 0 amide bonds. The van der Waals surface area contributed by atoms with E-state index in [0.29, 0.717) is 5.57 Å². The number of allylic oxidation sites excluding steroid dienone is 5. The molecule has 2 aliphatic carbocycles. The summed E-state index contributed by atoms with van der Waals surface area (Å²) in [6.45, 7) is 1.74. The second-order valence-electron chi connectivity index (χ2n) is 4.76. The van der Waals surface area contributed by atoms with Crippen LogP contribution in [0.2, 0.25) is 0 Å². The van der Waals surface area contributed by atoms with Gasteiger partial charge in [-0.15, -0.1) is 0 Å². The van der Waals surface area contributed by atoms with Crippen LogP contribution in [0.5, 0.6) is 0 Å². The summed E-state index contributed by atoms with van der Waals surface area (Å²) in [4.78, 5) is 27.0. The van der Waals surface area contributed by atoms with Crippen LogP contribution in [0.3, 0.4) is 0 Å². The number of nitro groups is 1. The predicted octanol–water partition coefficient (Wildman–Crippen LogP) is 1.84. The third-order valence-electron chi connectivity index (χ3n) is 3.72. The Balaban J connectivity index is 2.21. The second-order valence-corrected chi connectivity index (χ2v) is 4.76. The number of carbonyl (C=O) groups excluding carboxylic acids is 1. The molecule has 0 aromatic carbocycles. The zero-order valence-electron chi connectivity index (χ0n) is 9.92. The minimum atomic E-state index is -0.409. The monoisotopic (exact) mass is 244 g/mol. The molecule has 0 aromatic heterocycles. The molecular formula is C13H12N2O3. The van der Waals surface area contributed by atoms with Crippen LogP contribution in [0.1, 0.15) is 19.8 Å². The minimum absolute atomic E-state index is 0.0637. The van der Waals surface area contributed by atoms with Crippen molar-refractivity contribution in [3.05, 3.63) is 44.7 Å². The van der Waals surface area contributed by atoms with Gasteiger partial charge in [0.15, 0.2) is 5.78 Å². The van der Waals surface area contributed by atoms with Crippen LogP contribution >= 0.6 is 0 Å². The van der Waals surface area contributed by atoms with E-state index in [1.54, 1.807) is 13.0 Å². The van der Waals surface area contributed by atoms with Gasteiger partial charge in [-0.05, 0) is 30.9 Å². The van der Waals surface area contributed by atoms with E-state index in [4.69, 9.17) is 0 Å². The molecule has 5 heteroatoms. The minimum Gasteiger partial charge on any atom is -0.297 e. The molecule has 0 saturated carbocycles. The molecule has 0 N–H and O–H groups in total. The van der Waals surface area contributed by atoms with Crippen molar-refractivity contribution in [3.8, 4) is 0 Å². The zero-order chi connectivity index (χ0) is 12.9. The summed E-state index contributed by atoms with van der Waals surface area (Å²) in [6.07, 6.45) is 6.55. The van der Waals surface area contributed by atoms with Crippen LogP contribution in [0.4, 0.5) is 0 Å². The summed E-state index contributed by atoms with van der Waals surface area (Å²) in [5.41, 5.74) is 2.23. The Morgan fingerprint density at radius 1 is 1.50 bits per heavy atom. The van der Waals surface area contributed by atoms with Gasteiger partial charge in [-0.25, -0.2) is 0 Å². The highest BCUT2D eigenvalue weighted by molar-refractivity contribution is 6.00. The molecule has 3 aliphatic rings. The molecule has 0 spiro atoms. The fourth-order valence-corrected chi connectivity index (χ4v) is 2.83. The summed E-state index contributed by atoms with van der Waals surface area (Å²) < 4.78 is 0. The smallest absolute Gasteiger partial charge is 0.279 e. The average molecular weight is 244 g/mol. The molecule has 3 rings (SSSR count). The zero-order valence-corrected chi connectivity index (χ0v) is 9.92. The lowest BCUT2D eigenvalue weighted by molar-refractivity contribution is -0.419. The molecule has 0 bridgehead atoms. The number of Topliss-reactive ketones (excluding diaryl/α,β-unsaturated/α-hetero) is 1. The fraction of sp³-hybridized carbons (Fsp3) is 0.385. The van der Waals surface area contributed by atoms with Gasteiger partial charge >= 0.3 is 0 Å². The van der Waals surface area contributed by atoms with E-state index in [-0.39, 0.29) is 17.4 Å². The first-order valence-electron chi connectivity index (χ1n) is 5.97. The van der Waals surface area contributed by atoms with Gasteiger partial charge in [0.25, 0.3) is 5.70 Å². The van der Waals surface area contributed by atoms with Gasteiger partial charge in [0, 0.05) is 18.2 Å². The largest absolute Gasteiger partial charge is 0.297 e. The van der Waals surface area contributed by atoms with Crippen LogP contribution in [-0.2, 0) is 4.79 Å². The van der Waals surface area contributed by atoms with Crippen LogP contribution < -0.4 is 0 Å². The SMILES string of the molecule is CC1N=CC2=C3C(=CCCC3C1=O)C=C2[N+](=O)[O-].